The van der Waals surface area contributed by atoms with Gasteiger partial charge in [-0.3, -0.25) is 9.88 Å². The molecule has 3 heterocycles. The molecule has 3 rings (SSSR count). The van der Waals surface area contributed by atoms with E-state index in [2.05, 4.69) is 4.98 Å². The maximum atomic E-state index is 12.2. The summed E-state index contributed by atoms with van der Waals surface area (Å²) >= 11 is 0. The number of amides is 2. The van der Waals surface area contributed by atoms with Crippen molar-refractivity contribution in [2.24, 2.45) is 0 Å². The van der Waals surface area contributed by atoms with Crippen LogP contribution >= 0.6 is 0 Å². The standard InChI is InChI=1S/C18H25N3O4/c1-17(2,3)24-15(22)20-9-6-18(7-10-20)13-21(16(23)25-18)12-14-5-4-8-19-11-14/h4-5,8,11H,6-7,9-10,12-13H2,1-3H3. The molecule has 2 aliphatic rings. The first-order chi connectivity index (χ1) is 11.8. The average Bonchev–Trinajstić information content (AvgIpc) is 2.82. The summed E-state index contributed by atoms with van der Waals surface area (Å²) in [5, 5.41) is 0. The van der Waals surface area contributed by atoms with Crippen molar-refractivity contribution in [1.82, 2.24) is 14.8 Å². The molecule has 2 saturated heterocycles. The average molecular weight is 347 g/mol. The number of pyridine rings is 1. The van der Waals surface area contributed by atoms with Crippen LogP contribution < -0.4 is 0 Å². The highest BCUT2D eigenvalue weighted by Crippen LogP contribution is 2.34. The highest BCUT2D eigenvalue weighted by Gasteiger charge is 2.47. The van der Waals surface area contributed by atoms with Crippen molar-refractivity contribution < 1.29 is 19.1 Å². The van der Waals surface area contributed by atoms with Gasteiger partial charge < -0.3 is 14.4 Å². The number of nitrogens with zero attached hydrogens (tertiary/aromatic N) is 3. The number of rotatable bonds is 2. The van der Waals surface area contributed by atoms with E-state index in [1.54, 1.807) is 22.2 Å². The minimum Gasteiger partial charge on any atom is -0.444 e. The van der Waals surface area contributed by atoms with Crippen LogP contribution in [0.25, 0.3) is 0 Å². The molecule has 2 amide bonds. The summed E-state index contributed by atoms with van der Waals surface area (Å²) in [6.45, 7) is 7.65. The molecular formula is C18H25N3O4. The van der Waals surface area contributed by atoms with Crippen LogP contribution in [0.2, 0.25) is 0 Å². The Labute approximate surface area is 147 Å². The second kappa shape index (κ2) is 6.54. The fraction of sp³-hybridized carbons (Fsp3) is 0.611. The van der Waals surface area contributed by atoms with Gasteiger partial charge in [0, 0.05) is 38.3 Å². The lowest BCUT2D eigenvalue weighted by atomic mass is 9.91. The molecule has 1 spiro atoms. The van der Waals surface area contributed by atoms with Gasteiger partial charge in [-0.15, -0.1) is 0 Å². The summed E-state index contributed by atoms with van der Waals surface area (Å²) in [5.74, 6) is 0. The summed E-state index contributed by atoms with van der Waals surface area (Å²) in [6, 6.07) is 3.79. The lowest BCUT2D eigenvalue weighted by Crippen LogP contribution is -2.49. The van der Waals surface area contributed by atoms with Gasteiger partial charge in [-0.25, -0.2) is 9.59 Å². The van der Waals surface area contributed by atoms with Crippen LogP contribution in [0.4, 0.5) is 9.59 Å². The maximum absolute atomic E-state index is 12.2. The molecule has 1 aromatic rings. The van der Waals surface area contributed by atoms with Crippen molar-refractivity contribution >= 4 is 12.2 Å². The van der Waals surface area contributed by atoms with Gasteiger partial charge in [0.25, 0.3) is 0 Å². The summed E-state index contributed by atoms with van der Waals surface area (Å²) in [6.07, 6.45) is 4.11. The largest absolute Gasteiger partial charge is 0.444 e. The van der Waals surface area contributed by atoms with Gasteiger partial charge in [-0.05, 0) is 32.4 Å². The lowest BCUT2D eigenvalue weighted by Gasteiger charge is -2.37. The van der Waals surface area contributed by atoms with E-state index in [0.717, 1.165) is 5.56 Å². The van der Waals surface area contributed by atoms with Crippen LogP contribution in [-0.2, 0) is 16.0 Å². The topological polar surface area (TPSA) is 72.0 Å². The van der Waals surface area contributed by atoms with Crippen LogP contribution in [0.1, 0.15) is 39.2 Å². The Morgan fingerprint density at radius 2 is 2.08 bits per heavy atom. The Hall–Kier alpha value is -2.31. The van der Waals surface area contributed by atoms with E-state index in [4.69, 9.17) is 9.47 Å². The maximum Gasteiger partial charge on any atom is 0.410 e. The first kappa shape index (κ1) is 17.5. The highest BCUT2D eigenvalue weighted by molar-refractivity contribution is 5.71. The Balaban J connectivity index is 1.57. The number of carbonyl (C=O) groups is 2. The molecule has 25 heavy (non-hydrogen) atoms. The fourth-order valence-corrected chi connectivity index (χ4v) is 3.21. The van der Waals surface area contributed by atoms with Crippen molar-refractivity contribution in [2.45, 2.75) is 51.4 Å². The summed E-state index contributed by atoms with van der Waals surface area (Å²) < 4.78 is 11.1. The van der Waals surface area contributed by atoms with Crippen molar-refractivity contribution in [2.75, 3.05) is 19.6 Å². The first-order valence-electron chi connectivity index (χ1n) is 8.61. The number of hydrogen-bond donors (Lipinski definition) is 0. The SMILES string of the molecule is CC(C)(C)OC(=O)N1CCC2(CC1)CN(Cc1cccnc1)C(=O)O2. The molecule has 0 aromatic carbocycles. The molecule has 2 fully saturated rings. The Bertz CT molecular complexity index is 633. The normalized spacial score (nSPS) is 19.9. The van der Waals surface area contributed by atoms with Gasteiger partial charge in [0.1, 0.15) is 11.2 Å². The van der Waals surface area contributed by atoms with E-state index in [9.17, 15) is 9.59 Å². The van der Waals surface area contributed by atoms with Crippen molar-refractivity contribution in [3.05, 3.63) is 30.1 Å². The summed E-state index contributed by atoms with van der Waals surface area (Å²) in [5.41, 5.74) is -0.0348. The number of carbonyl (C=O) groups excluding carboxylic acids is 2. The monoisotopic (exact) mass is 347 g/mol. The second-order valence-electron chi connectivity index (χ2n) is 7.74. The van der Waals surface area contributed by atoms with Crippen LogP contribution in [0.5, 0.6) is 0 Å². The number of hydrogen-bond acceptors (Lipinski definition) is 5. The van der Waals surface area contributed by atoms with Crippen LogP contribution in [-0.4, -0.2) is 57.8 Å². The quantitative estimate of drug-likeness (QED) is 0.822. The molecule has 136 valence electrons. The smallest absolute Gasteiger partial charge is 0.410 e. The van der Waals surface area contributed by atoms with Gasteiger partial charge in [0.2, 0.25) is 0 Å². The zero-order valence-electron chi connectivity index (χ0n) is 15.0. The number of likely N-dealkylation sites (tertiary alicyclic amines) is 1. The van der Waals surface area contributed by atoms with Crippen molar-refractivity contribution in [3.8, 4) is 0 Å². The molecule has 7 nitrogen and oxygen atoms in total. The lowest BCUT2D eigenvalue weighted by molar-refractivity contribution is -0.0170. The summed E-state index contributed by atoms with van der Waals surface area (Å²) in [7, 11) is 0. The van der Waals surface area contributed by atoms with Crippen LogP contribution in [0.15, 0.2) is 24.5 Å². The van der Waals surface area contributed by atoms with Gasteiger partial charge in [0.05, 0.1) is 13.1 Å². The number of piperidine rings is 1. The third kappa shape index (κ3) is 4.21. The molecule has 2 aliphatic heterocycles. The molecule has 0 saturated carbocycles. The van der Waals surface area contributed by atoms with Crippen molar-refractivity contribution in [1.29, 1.82) is 0 Å². The Kier molecular flexibility index (Phi) is 4.58. The van der Waals surface area contributed by atoms with Crippen LogP contribution in [0, 0.1) is 0 Å². The third-order valence-electron chi connectivity index (χ3n) is 4.46. The minimum absolute atomic E-state index is 0.297. The molecule has 0 bridgehead atoms. The van der Waals surface area contributed by atoms with Gasteiger partial charge in [-0.1, -0.05) is 6.07 Å². The van der Waals surface area contributed by atoms with Gasteiger partial charge >= 0.3 is 12.2 Å². The van der Waals surface area contributed by atoms with Gasteiger partial charge in [0.15, 0.2) is 0 Å². The van der Waals surface area contributed by atoms with Gasteiger partial charge in [-0.2, -0.15) is 0 Å². The molecule has 0 radical (unpaired) electrons. The van der Waals surface area contributed by atoms with Crippen LogP contribution in [0.3, 0.4) is 0 Å². The highest BCUT2D eigenvalue weighted by atomic mass is 16.6. The molecule has 0 N–H and O–H groups in total. The van der Waals surface area contributed by atoms with E-state index < -0.39 is 11.2 Å². The zero-order valence-corrected chi connectivity index (χ0v) is 15.0. The van der Waals surface area contributed by atoms with E-state index in [1.165, 1.54) is 0 Å². The second-order valence-corrected chi connectivity index (χ2v) is 7.74. The first-order valence-corrected chi connectivity index (χ1v) is 8.61. The summed E-state index contributed by atoms with van der Waals surface area (Å²) in [4.78, 5) is 31.9. The van der Waals surface area contributed by atoms with E-state index >= 15 is 0 Å². The molecule has 0 unspecified atom stereocenters. The predicted octanol–water partition coefficient (Wildman–Crippen LogP) is 2.80. The van der Waals surface area contributed by atoms with E-state index in [-0.39, 0.29) is 12.2 Å². The minimum atomic E-state index is -0.507. The van der Waals surface area contributed by atoms with E-state index in [1.807, 2.05) is 32.9 Å². The Morgan fingerprint density at radius 1 is 1.36 bits per heavy atom. The molecule has 0 atom stereocenters. The zero-order chi connectivity index (χ0) is 18.1. The fourth-order valence-electron chi connectivity index (χ4n) is 3.21. The molecular weight excluding hydrogens is 322 g/mol. The van der Waals surface area contributed by atoms with Crippen molar-refractivity contribution in [3.63, 3.8) is 0 Å². The molecule has 7 heteroatoms. The number of aromatic nitrogens is 1. The predicted molar refractivity (Wildman–Crippen MR) is 90.9 cm³/mol. The molecule has 0 aliphatic carbocycles. The molecule has 1 aromatic heterocycles. The third-order valence-corrected chi connectivity index (χ3v) is 4.46. The number of ether oxygens (including phenoxy) is 2. The Morgan fingerprint density at radius 3 is 2.68 bits per heavy atom. The van der Waals surface area contributed by atoms with E-state index in [0.29, 0.717) is 39.0 Å².